The molecule has 0 amide bonds. The fourth-order valence-corrected chi connectivity index (χ4v) is 2.01. The van der Waals surface area contributed by atoms with Gasteiger partial charge < -0.3 is 10.1 Å². The van der Waals surface area contributed by atoms with E-state index in [1.165, 1.54) is 6.33 Å². The lowest BCUT2D eigenvalue weighted by Crippen LogP contribution is -2.03. The molecule has 2 N–H and O–H groups in total. The van der Waals surface area contributed by atoms with E-state index in [1.807, 2.05) is 19.9 Å². The molecule has 0 unspecified atom stereocenters. The maximum absolute atomic E-state index is 11.1. The number of carboxylic acid groups (broad SMARTS) is 1. The molecule has 0 atom stereocenters. The number of fused-ring (bicyclic) bond motifs is 1. The van der Waals surface area contributed by atoms with Crippen LogP contribution in [0.2, 0.25) is 0 Å². The molecule has 3 aromatic rings. The predicted octanol–water partition coefficient (Wildman–Crippen LogP) is 0.829. The van der Waals surface area contributed by atoms with Crippen LogP contribution in [-0.2, 0) is 0 Å². The number of imidazole rings is 1. The molecule has 8 heteroatoms. The van der Waals surface area contributed by atoms with Crippen molar-refractivity contribution < 1.29 is 9.90 Å². The molecule has 3 heterocycles. The SMILES string of the molecule is Cc1cc(C)n2c(-c3nc[nH]c3C(=O)O)nnc2n1. The highest BCUT2D eigenvalue weighted by Crippen LogP contribution is 2.20. The average Bonchev–Trinajstić information content (AvgIpc) is 2.92. The number of carbonyl (C=O) groups is 1. The monoisotopic (exact) mass is 258 g/mol. The van der Waals surface area contributed by atoms with Gasteiger partial charge in [-0.25, -0.2) is 14.8 Å². The summed E-state index contributed by atoms with van der Waals surface area (Å²) in [7, 11) is 0. The van der Waals surface area contributed by atoms with Gasteiger partial charge in [-0.1, -0.05) is 0 Å². The number of H-pyrrole nitrogens is 1. The molecule has 3 rings (SSSR count). The van der Waals surface area contributed by atoms with Crippen molar-refractivity contribution in [3.63, 3.8) is 0 Å². The van der Waals surface area contributed by atoms with Crippen LogP contribution in [0.15, 0.2) is 12.4 Å². The van der Waals surface area contributed by atoms with Gasteiger partial charge in [-0.05, 0) is 19.9 Å². The lowest BCUT2D eigenvalue weighted by Gasteiger charge is -2.03. The largest absolute Gasteiger partial charge is 0.477 e. The summed E-state index contributed by atoms with van der Waals surface area (Å²) in [5, 5.41) is 17.0. The van der Waals surface area contributed by atoms with Gasteiger partial charge in [0.25, 0.3) is 5.78 Å². The van der Waals surface area contributed by atoms with Gasteiger partial charge in [-0.15, -0.1) is 10.2 Å². The number of aromatic nitrogens is 6. The van der Waals surface area contributed by atoms with Gasteiger partial charge in [-0.3, -0.25) is 4.40 Å². The second-order valence-corrected chi connectivity index (χ2v) is 4.13. The van der Waals surface area contributed by atoms with Crippen molar-refractivity contribution in [2.24, 2.45) is 0 Å². The van der Waals surface area contributed by atoms with Gasteiger partial charge in [-0.2, -0.15) is 0 Å². The third kappa shape index (κ3) is 1.65. The Morgan fingerprint density at radius 1 is 1.37 bits per heavy atom. The zero-order valence-electron chi connectivity index (χ0n) is 10.2. The minimum absolute atomic E-state index is 0.0192. The molecule has 0 aliphatic rings. The highest BCUT2D eigenvalue weighted by Gasteiger charge is 2.20. The first-order valence-corrected chi connectivity index (χ1v) is 5.54. The molecule has 0 fully saturated rings. The van der Waals surface area contributed by atoms with Crippen molar-refractivity contribution >= 4 is 11.7 Å². The molecule has 0 spiro atoms. The number of nitrogens with zero attached hydrogens (tertiary/aromatic N) is 5. The second kappa shape index (κ2) is 3.87. The van der Waals surface area contributed by atoms with Crippen LogP contribution in [0.4, 0.5) is 0 Å². The van der Waals surface area contributed by atoms with Crippen LogP contribution in [-0.4, -0.2) is 40.6 Å². The molecule has 0 aromatic carbocycles. The van der Waals surface area contributed by atoms with E-state index >= 15 is 0 Å². The smallest absolute Gasteiger partial charge is 0.354 e. The van der Waals surface area contributed by atoms with Crippen LogP contribution >= 0.6 is 0 Å². The summed E-state index contributed by atoms with van der Waals surface area (Å²) in [6.45, 7) is 3.74. The molecule has 96 valence electrons. The lowest BCUT2D eigenvalue weighted by molar-refractivity contribution is 0.0692. The van der Waals surface area contributed by atoms with Gasteiger partial charge >= 0.3 is 5.97 Å². The first-order chi connectivity index (χ1) is 9.08. The van der Waals surface area contributed by atoms with Crippen molar-refractivity contribution in [3.05, 3.63) is 29.5 Å². The number of aromatic amines is 1. The van der Waals surface area contributed by atoms with Crippen LogP contribution in [0, 0.1) is 13.8 Å². The molecular weight excluding hydrogens is 248 g/mol. The Bertz CT molecular complexity index is 788. The molecule has 3 aromatic heterocycles. The molecule has 0 aliphatic carbocycles. The van der Waals surface area contributed by atoms with Crippen molar-refractivity contribution in [2.75, 3.05) is 0 Å². The Morgan fingerprint density at radius 3 is 2.89 bits per heavy atom. The topological polar surface area (TPSA) is 109 Å². The number of hydrogen-bond donors (Lipinski definition) is 2. The standard InChI is InChI=1S/C11H10N6O2/c1-5-3-6(2)17-9(15-16-11(17)14-5)7-8(10(18)19)13-4-12-7/h3-4H,1-2H3,(H,12,13)(H,18,19). The Morgan fingerprint density at radius 2 is 2.16 bits per heavy atom. The van der Waals surface area contributed by atoms with E-state index in [0.717, 1.165) is 11.4 Å². The summed E-state index contributed by atoms with van der Waals surface area (Å²) < 4.78 is 1.68. The quantitative estimate of drug-likeness (QED) is 0.704. The van der Waals surface area contributed by atoms with Gasteiger partial charge in [0, 0.05) is 11.4 Å². The molecule has 8 nitrogen and oxygen atoms in total. The second-order valence-electron chi connectivity index (χ2n) is 4.13. The molecule has 0 bridgehead atoms. The maximum Gasteiger partial charge on any atom is 0.354 e. The number of hydrogen-bond acceptors (Lipinski definition) is 5. The zero-order valence-corrected chi connectivity index (χ0v) is 10.2. The molecule has 0 radical (unpaired) electrons. The summed E-state index contributed by atoms with van der Waals surface area (Å²) >= 11 is 0. The first kappa shape index (κ1) is 11.3. The third-order valence-corrected chi connectivity index (χ3v) is 2.76. The highest BCUT2D eigenvalue weighted by molar-refractivity contribution is 5.91. The summed E-state index contributed by atoms with van der Waals surface area (Å²) in [5.74, 6) is -0.313. The number of aromatic carboxylic acids is 1. The van der Waals surface area contributed by atoms with E-state index in [-0.39, 0.29) is 11.4 Å². The summed E-state index contributed by atoms with van der Waals surface area (Å²) in [6, 6.07) is 1.87. The van der Waals surface area contributed by atoms with Crippen LogP contribution in [0.1, 0.15) is 21.9 Å². The Balaban J connectivity index is 2.32. The molecule has 19 heavy (non-hydrogen) atoms. The van der Waals surface area contributed by atoms with Crippen molar-refractivity contribution in [2.45, 2.75) is 13.8 Å². The first-order valence-electron chi connectivity index (χ1n) is 5.54. The van der Waals surface area contributed by atoms with E-state index in [4.69, 9.17) is 5.11 Å². The highest BCUT2D eigenvalue weighted by atomic mass is 16.4. The molecule has 0 saturated carbocycles. The van der Waals surface area contributed by atoms with Crippen LogP contribution in [0.5, 0.6) is 0 Å². The van der Waals surface area contributed by atoms with Gasteiger partial charge in [0.05, 0.1) is 6.33 Å². The Kier molecular flexibility index (Phi) is 2.31. The normalized spacial score (nSPS) is 11.1. The Hall–Kier alpha value is -2.77. The number of nitrogens with one attached hydrogen (secondary N) is 1. The minimum atomic E-state index is -1.10. The van der Waals surface area contributed by atoms with E-state index < -0.39 is 5.97 Å². The fourth-order valence-electron chi connectivity index (χ4n) is 2.01. The predicted molar refractivity (Wildman–Crippen MR) is 64.8 cm³/mol. The van der Waals surface area contributed by atoms with Crippen LogP contribution in [0.25, 0.3) is 17.3 Å². The number of rotatable bonds is 2. The summed E-state index contributed by atoms with van der Waals surface area (Å²) in [5.41, 5.74) is 1.91. The van der Waals surface area contributed by atoms with E-state index in [9.17, 15) is 4.79 Å². The third-order valence-electron chi connectivity index (χ3n) is 2.76. The van der Waals surface area contributed by atoms with E-state index in [2.05, 4.69) is 25.1 Å². The number of carboxylic acids is 1. The van der Waals surface area contributed by atoms with E-state index in [0.29, 0.717) is 11.6 Å². The zero-order chi connectivity index (χ0) is 13.6. The van der Waals surface area contributed by atoms with Gasteiger partial charge in [0.2, 0.25) is 0 Å². The van der Waals surface area contributed by atoms with E-state index in [1.54, 1.807) is 4.40 Å². The molecule has 0 aliphatic heterocycles. The summed E-state index contributed by atoms with van der Waals surface area (Å²) in [6.07, 6.45) is 1.32. The lowest BCUT2D eigenvalue weighted by atomic mass is 10.3. The van der Waals surface area contributed by atoms with Crippen molar-refractivity contribution in [1.29, 1.82) is 0 Å². The fraction of sp³-hybridized carbons (Fsp3) is 0.182. The minimum Gasteiger partial charge on any atom is -0.477 e. The average molecular weight is 258 g/mol. The van der Waals surface area contributed by atoms with Crippen LogP contribution < -0.4 is 0 Å². The van der Waals surface area contributed by atoms with Gasteiger partial charge in [0.15, 0.2) is 11.5 Å². The van der Waals surface area contributed by atoms with Crippen molar-refractivity contribution in [3.8, 4) is 11.5 Å². The van der Waals surface area contributed by atoms with Crippen LogP contribution in [0.3, 0.4) is 0 Å². The maximum atomic E-state index is 11.1. The molecule has 0 saturated heterocycles. The van der Waals surface area contributed by atoms with Crippen molar-refractivity contribution in [1.82, 2.24) is 29.5 Å². The van der Waals surface area contributed by atoms with Gasteiger partial charge in [0.1, 0.15) is 5.69 Å². The number of aryl methyl sites for hydroxylation is 2. The molecular formula is C11H10N6O2. The summed E-state index contributed by atoms with van der Waals surface area (Å²) in [4.78, 5) is 21.9. The Labute approximate surface area is 107 Å².